The lowest BCUT2D eigenvalue weighted by molar-refractivity contribution is -0.120. The van der Waals surface area contributed by atoms with Gasteiger partial charge in [0.2, 0.25) is 0 Å². The fourth-order valence-corrected chi connectivity index (χ4v) is 3.82. The molecule has 4 rings (SSSR count). The van der Waals surface area contributed by atoms with Gasteiger partial charge < -0.3 is 19.3 Å². The fourth-order valence-electron chi connectivity index (χ4n) is 3.31. The highest BCUT2D eigenvalue weighted by atomic mass is 32.2. The number of benzene rings is 4. The standard InChI is InChI=1S/C26H18O9S/c27-16-33-18-9-11-20(12-10-18)35-25-14-13-21(36(30,31)32)15-23(25)22-3-1-2-4-24(22)34-19-7-5-17(6-8-19)26(28)29/h1-16H,(H,28,29)(H,30,31,32). The van der Waals surface area contributed by atoms with E-state index in [-0.39, 0.29) is 16.2 Å². The molecule has 0 fully saturated rings. The minimum absolute atomic E-state index is 0.0942. The maximum atomic E-state index is 11.8. The van der Waals surface area contributed by atoms with E-state index in [1.165, 1.54) is 54.6 Å². The number of ether oxygens (including phenoxy) is 3. The average molecular weight is 506 g/mol. The van der Waals surface area contributed by atoms with Crippen molar-refractivity contribution in [3.05, 3.63) is 96.6 Å². The molecule has 0 radical (unpaired) electrons. The molecule has 0 saturated carbocycles. The Hall–Kier alpha value is -4.67. The Morgan fingerprint density at radius 1 is 0.722 bits per heavy atom. The number of carbonyl (C=O) groups excluding carboxylic acids is 1. The molecule has 9 nitrogen and oxygen atoms in total. The van der Waals surface area contributed by atoms with Gasteiger partial charge in [-0.15, -0.1) is 0 Å². The second kappa shape index (κ2) is 10.3. The lowest BCUT2D eigenvalue weighted by atomic mass is 10.0. The number of carboxylic acid groups (broad SMARTS) is 1. The molecular weight excluding hydrogens is 488 g/mol. The Balaban J connectivity index is 1.76. The summed E-state index contributed by atoms with van der Waals surface area (Å²) >= 11 is 0. The maximum absolute atomic E-state index is 11.8. The largest absolute Gasteiger partial charge is 0.478 e. The minimum Gasteiger partial charge on any atom is -0.478 e. The van der Waals surface area contributed by atoms with Crippen LogP contribution >= 0.6 is 0 Å². The molecule has 0 aromatic heterocycles. The summed E-state index contributed by atoms with van der Waals surface area (Å²) in [6, 6.07) is 22.5. The molecule has 10 heteroatoms. The van der Waals surface area contributed by atoms with Crippen molar-refractivity contribution in [1.82, 2.24) is 0 Å². The Labute approximate surface area is 205 Å². The van der Waals surface area contributed by atoms with Crippen molar-refractivity contribution in [3.8, 4) is 39.9 Å². The second-order valence-corrected chi connectivity index (χ2v) is 8.77. The smallest absolute Gasteiger partial charge is 0.335 e. The Morgan fingerprint density at radius 3 is 1.86 bits per heavy atom. The van der Waals surface area contributed by atoms with E-state index in [1.807, 2.05) is 0 Å². The lowest BCUT2D eigenvalue weighted by Crippen LogP contribution is -2.00. The number of rotatable bonds is 9. The summed E-state index contributed by atoms with van der Waals surface area (Å²) in [6.45, 7) is 0.300. The first-order valence-corrected chi connectivity index (χ1v) is 11.8. The van der Waals surface area contributed by atoms with Crippen LogP contribution in [0.25, 0.3) is 11.1 Å². The number of para-hydroxylation sites is 1. The predicted octanol–water partition coefficient (Wildman–Crippen LogP) is 5.42. The summed E-state index contributed by atoms with van der Waals surface area (Å²) in [4.78, 5) is 21.3. The summed E-state index contributed by atoms with van der Waals surface area (Å²) in [6.07, 6.45) is 0. The summed E-state index contributed by atoms with van der Waals surface area (Å²) in [5, 5.41) is 9.10. The van der Waals surface area contributed by atoms with Gasteiger partial charge in [0.05, 0.1) is 10.5 Å². The Bertz CT molecular complexity index is 1510. The second-order valence-electron chi connectivity index (χ2n) is 7.35. The van der Waals surface area contributed by atoms with Gasteiger partial charge >= 0.3 is 5.97 Å². The van der Waals surface area contributed by atoms with Crippen LogP contribution in [0.2, 0.25) is 0 Å². The van der Waals surface area contributed by atoms with Gasteiger partial charge in [0.15, 0.2) is 0 Å². The van der Waals surface area contributed by atoms with Gasteiger partial charge in [-0.05, 0) is 72.8 Å². The van der Waals surface area contributed by atoms with E-state index in [1.54, 1.807) is 36.4 Å². The highest BCUT2D eigenvalue weighted by Crippen LogP contribution is 2.41. The summed E-state index contributed by atoms with van der Waals surface area (Å²) < 4.78 is 50.0. The van der Waals surface area contributed by atoms with E-state index < -0.39 is 16.1 Å². The Morgan fingerprint density at radius 2 is 1.28 bits per heavy atom. The van der Waals surface area contributed by atoms with Gasteiger partial charge in [0.1, 0.15) is 28.7 Å². The molecule has 0 unspecified atom stereocenters. The molecule has 36 heavy (non-hydrogen) atoms. The molecule has 4 aromatic carbocycles. The van der Waals surface area contributed by atoms with Crippen LogP contribution in [0.1, 0.15) is 10.4 Å². The van der Waals surface area contributed by atoms with Gasteiger partial charge in [-0.2, -0.15) is 8.42 Å². The van der Waals surface area contributed by atoms with Crippen LogP contribution in [-0.4, -0.2) is 30.5 Å². The van der Waals surface area contributed by atoms with Crippen LogP contribution in [0.3, 0.4) is 0 Å². The SMILES string of the molecule is O=COc1ccc(Oc2ccc(S(=O)(=O)O)cc2-c2ccccc2Oc2ccc(C(=O)O)cc2)cc1. The number of hydrogen-bond acceptors (Lipinski definition) is 7. The highest BCUT2D eigenvalue weighted by molar-refractivity contribution is 7.85. The van der Waals surface area contributed by atoms with E-state index in [4.69, 9.17) is 19.3 Å². The Kier molecular flexibility index (Phi) is 7.00. The van der Waals surface area contributed by atoms with Crippen molar-refractivity contribution in [1.29, 1.82) is 0 Å². The minimum atomic E-state index is -4.52. The van der Waals surface area contributed by atoms with E-state index in [0.717, 1.165) is 0 Å². The molecule has 4 aromatic rings. The van der Waals surface area contributed by atoms with Crippen LogP contribution < -0.4 is 14.2 Å². The molecule has 0 aliphatic heterocycles. The van der Waals surface area contributed by atoms with Crippen molar-refractivity contribution in [3.63, 3.8) is 0 Å². The van der Waals surface area contributed by atoms with Crippen LogP contribution in [0.5, 0.6) is 28.7 Å². The van der Waals surface area contributed by atoms with Gasteiger partial charge in [0.25, 0.3) is 16.6 Å². The van der Waals surface area contributed by atoms with Crippen LogP contribution in [-0.2, 0) is 14.9 Å². The normalized spacial score (nSPS) is 10.9. The van der Waals surface area contributed by atoms with Crippen LogP contribution in [0.4, 0.5) is 0 Å². The van der Waals surface area contributed by atoms with Crippen molar-refractivity contribution in [2.24, 2.45) is 0 Å². The van der Waals surface area contributed by atoms with E-state index in [2.05, 4.69) is 0 Å². The highest BCUT2D eigenvalue weighted by Gasteiger charge is 2.18. The quantitative estimate of drug-likeness (QED) is 0.225. The third-order valence-electron chi connectivity index (χ3n) is 4.99. The van der Waals surface area contributed by atoms with E-state index in [0.29, 0.717) is 40.6 Å². The average Bonchev–Trinajstić information content (AvgIpc) is 2.86. The molecule has 0 aliphatic rings. The topological polar surface area (TPSA) is 136 Å². The van der Waals surface area contributed by atoms with Gasteiger partial charge in [-0.25, -0.2) is 4.79 Å². The van der Waals surface area contributed by atoms with E-state index >= 15 is 0 Å². The van der Waals surface area contributed by atoms with Crippen LogP contribution in [0.15, 0.2) is 95.9 Å². The number of aromatic carboxylic acids is 1. The first-order chi connectivity index (χ1) is 17.2. The van der Waals surface area contributed by atoms with Crippen LogP contribution in [0, 0.1) is 0 Å². The maximum Gasteiger partial charge on any atom is 0.335 e. The molecule has 0 amide bonds. The first kappa shape index (κ1) is 24.5. The molecule has 0 aliphatic carbocycles. The van der Waals surface area contributed by atoms with Crippen molar-refractivity contribution < 1.29 is 41.9 Å². The fraction of sp³-hybridized carbons (Fsp3) is 0. The van der Waals surface area contributed by atoms with Gasteiger partial charge in [-0.3, -0.25) is 9.35 Å². The number of hydrogen-bond donors (Lipinski definition) is 2. The lowest BCUT2D eigenvalue weighted by Gasteiger charge is -2.16. The monoisotopic (exact) mass is 506 g/mol. The molecule has 0 atom stereocenters. The summed E-state index contributed by atoms with van der Waals surface area (Å²) in [5.74, 6) is 0.545. The third-order valence-corrected chi connectivity index (χ3v) is 5.84. The number of carbonyl (C=O) groups is 2. The molecule has 0 bridgehead atoms. The summed E-state index contributed by atoms with van der Waals surface area (Å²) in [7, 11) is -4.52. The van der Waals surface area contributed by atoms with Crippen molar-refractivity contribution >= 4 is 22.6 Å². The van der Waals surface area contributed by atoms with Crippen molar-refractivity contribution in [2.75, 3.05) is 0 Å². The molecule has 182 valence electrons. The summed E-state index contributed by atoms with van der Waals surface area (Å²) in [5.41, 5.74) is 0.842. The zero-order valence-corrected chi connectivity index (χ0v) is 19.2. The first-order valence-electron chi connectivity index (χ1n) is 10.3. The molecule has 0 spiro atoms. The predicted molar refractivity (Wildman–Crippen MR) is 128 cm³/mol. The molecular formula is C26H18O9S. The molecule has 2 N–H and O–H groups in total. The van der Waals surface area contributed by atoms with E-state index in [9.17, 15) is 22.6 Å². The zero-order chi connectivity index (χ0) is 25.7. The zero-order valence-electron chi connectivity index (χ0n) is 18.4. The third kappa shape index (κ3) is 5.69. The van der Waals surface area contributed by atoms with Crippen molar-refractivity contribution in [2.45, 2.75) is 4.90 Å². The number of carboxylic acids is 1. The van der Waals surface area contributed by atoms with Gasteiger partial charge in [0, 0.05) is 11.1 Å². The molecule has 0 heterocycles. The van der Waals surface area contributed by atoms with Gasteiger partial charge in [-0.1, -0.05) is 18.2 Å². The molecule has 0 saturated heterocycles.